The number of aromatic nitrogens is 1. The number of nitrogens with one attached hydrogen (secondary N) is 2. The molecule has 0 aliphatic carbocycles. The molecule has 0 saturated carbocycles. The van der Waals surface area contributed by atoms with Crippen LogP contribution in [-0.2, 0) is 12.8 Å². The Hall–Kier alpha value is -2.55. The highest BCUT2D eigenvalue weighted by molar-refractivity contribution is 5.87. The molecule has 2 heterocycles. The lowest BCUT2D eigenvalue weighted by atomic mass is 10.0. The molecule has 0 amide bonds. The first kappa shape index (κ1) is 12.2. The van der Waals surface area contributed by atoms with Crippen molar-refractivity contribution in [3.8, 4) is 0 Å². The minimum absolute atomic E-state index is 0.00469. The molecule has 1 aromatic heterocycles. The third-order valence-electron chi connectivity index (χ3n) is 4.07. The lowest BCUT2D eigenvalue weighted by molar-refractivity contribution is 1.06. The van der Waals surface area contributed by atoms with Gasteiger partial charge in [0.15, 0.2) is 0 Å². The molecule has 3 nitrogen and oxygen atoms in total. The Morgan fingerprint density at radius 3 is 2.76 bits per heavy atom. The largest absolute Gasteiger partial charge is 0.384 e. The van der Waals surface area contributed by atoms with Crippen LogP contribution in [0.4, 0.5) is 5.69 Å². The van der Waals surface area contributed by atoms with E-state index in [-0.39, 0.29) is 5.56 Å². The summed E-state index contributed by atoms with van der Waals surface area (Å²) in [6.07, 6.45) is 1.79. The number of pyridine rings is 1. The number of aromatic amines is 1. The van der Waals surface area contributed by atoms with Gasteiger partial charge in [0.05, 0.1) is 0 Å². The summed E-state index contributed by atoms with van der Waals surface area (Å²) in [6.45, 7) is 0.959. The topological polar surface area (TPSA) is 44.9 Å². The molecular formula is C18H16N2O. The Kier molecular flexibility index (Phi) is 2.78. The third kappa shape index (κ3) is 2.21. The van der Waals surface area contributed by atoms with Crippen molar-refractivity contribution in [3.63, 3.8) is 0 Å². The number of rotatable bonds is 2. The molecule has 0 radical (unpaired) electrons. The molecule has 0 atom stereocenters. The summed E-state index contributed by atoms with van der Waals surface area (Å²) in [6, 6.07) is 16.4. The van der Waals surface area contributed by atoms with Gasteiger partial charge in [-0.15, -0.1) is 0 Å². The lowest BCUT2D eigenvalue weighted by Crippen LogP contribution is -2.10. The van der Waals surface area contributed by atoms with Gasteiger partial charge in [-0.2, -0.15) is 0 Å². The molecule has 4 rings (SSSR count). The van der Waals surface area contributed by atoms with E-state index in [2.05, 4.69) is 34.6 Å². The average molecular weight is 276 g/mol. The molecule has 0 fully saturated rings. The minimum Gasteiger partial charge on any atom is -0.384 e. The van der Waals surface area contributed by atoms with Crippen LogP contribution in [0.15, 0.2) is 53.3 Å². The lowest BCUT2D eigenvalue weighted by Gasteiger charge is -2.07. The Morgan fingerprint density at radius 2 is 1.90 bits per heavy atom. The summed E-state index contributed by atoms with van der Waals surface area (Å²) in [5.74, 6) is 0. The maximum absolute atomic E-state index is 12.3. The predicted molar refractivity (Wildman–Crippen MR) is 86.0 cm³/mol. The molecule has 0 unspecified atom stereocenters. The molecule has 2 N–H and O–H groups in total. The van der Waals surface area contributed by atoms with Crippen molar-refractivity contribution in [1.82, 2.24) is 4.98 Å². The van der Waals surface area contributed by atoms with E-state index >= 15 is 0 Å². The highest BCUT2D eigenvalue weighted by atomic mass is 16.1. The van der Waals surface area contributed by atoms with E-state index < -0.39 is 0 Å². The molecule has 3 heteroatoms. The third-order valence-corrected chi connectivity index (χ3v) is 4.07. The second-order valence-corrected chi connectivity index (χ2v) is 5.56. The first-order valence-electron chi connectivity index (χ1n) is 7.26. The van der Waals surface area contributed by atoms with Crippen LogP contribution in [0.3, 0.4) is 0 Å². The van der Waals surface area contributed by atoms with Crippen LogP contribution in [0, 0.1) is 0 Å². The first-order valence-corrected chi connectivity index (χ1v) is 7.26. The second-order valence-electron chi connectivity index (χ2n) is 5.56. The zero-order valence-electron chi connectivity index (χ0n) is 11.6. The number of hydrogen-bond donors (Lipinski definition) is 2. The van der Waals surface area contributed by atoms with Gasteiger partial charge in [-0.05, 0) is 41.1 Å². The van der Waals surface area contributed by atoms with E-state index in [1.165, 1.54) is 11.1 Å². The van der Waals surface area contributed by atoms with Crippen molar-refractivity contribution >= 4 is 16.5 Å². The first-order chi connectivity index (χ1) is 10.3. The van der Waals surface area contributed by atoms with Crippen molar-refractivity contribution in [2.45, 2.75) is 12.8 Å². The maximum Gasteiger partial charge on any atom is 0.256 e. The fraction of sp³-hybridized carbons (Fsp3) is 0.167. The van der Waals surface area contributed by atoms with Crippen molar-refractivity contribution in [1.29, 1.82) is 0 Å². The Balaban J connectivity index is 1.81. The maximum atomic E-state index is 12.3. The summed E-state index contributed by atoms with van der Waals surface area (Å²) in [4.78, 5) is 15.3. The van der Waals surface area contributed by atoms with Crippen molar-refractivity contribution in [2.24, 2.45) is 0 Å². The van der Waals surface area contributed by atoms with E-state index in [1.807, 2.05) is 24.3 Å². The van der Waals surface area contributed by atoms with Crippen LogP contribution in [0.5, 0.6) is 0 Å². The van der Waals surface area contributed by atoms with Crippen LogP contribution in [0.2, 0.25) is 0 Å². The quantitative estimate of drug-likeness (QED) is 0.755. The van der Waals surface area contributed by atoms with Crippen molar-refractivity contribution < 1.29 is 0 Å². The van der Waals surface area contributed by atoms with E-state index in [9.17, 15) is 4.79 Å². The highest BCUT2D eigenvalue weighted by Gasteiger charge is 2.13. The number of fused-ring (bicyclic) bond motifs is 2. The van der Waals surface area contributed by atoms with E-state index in [1.54, 1.807) is 0 Å². The molecule has 1 aliphatic rings. The zero-order valence-corrected chi connectivity index (χ0v) is 11.6. The molecule has 0 bridgehead atoms. The van der Waals surface area contributed by atoms with Gasteiger partial charge in [0.25, 0.3) is 5.56 Å². The molecule has 0 spiro atoms. The number of anilines is 1. The molecule has 2 aromatic carbocycles. The van der Waals surface area contributed by atoms with Gasteiger partial charge < -0.3 is 10.3 Å². The van der Waals surface area contributed by atoms with Gasteiger partial charge >= 0.3 is 0 Å². The molecule has 1 aliphatic heterocycles. The number of H-pyrrole nitrogens is 1. The monoisotopic (exact) mass is 276 g/mol. The zero-order chi connectivity index (χ0) is 14.2. The summed E-state index contributed by atoms with van der Waals surface area (Å²) in [5.41, 5.74) is 4.57. The Labute approximate surface area is 122 Å². The summed E-state index contributed by atoms with van der Waals surface area (Å²) in [7, 11) is 0. The summed E-state index contributed by atoms with van der Waals surface area (Å²) >= 11 is 0. The van der Waals surface area contributed by atoms with Crippen molar-refractivity contribution in [3.05, 3.63) is 75.7 Å². The molecule has 104 valence electrons. The summed E-state index contributed by atoms with van der Waals surface area (Å²) < 4.78 is 0. The molecule has 21 heavy (non-hydrogen) atoms. The van der Waals surface area contributed by atoms with Crippen LogP contribution in [0.25, 0.3) is 10.8 Å². The Morgan fingerprint density at radius 1 is 1.05 bits per heavy atom. The SMILES string of the molecule is O=c1[nH]c(Cc2ccccc2)cc2cc3c(cc12)NCC3. The average Bonchev–Trinajstić information content (AvgIpc) is 2.94. The standard InChI is InChI=1S/C18H16N2O/c21-18-16-11-17-13(6-7-19-17)9-14(16)10-15(20-18)8-12-4-2-1-3-5-12/h1-5,9-11,19H,6-8H2,(H,20,21). The van der Waals surface area contributed by atoms with Gasteiger partial charge in [-0.1, -0.05) is 30.3 Å². The van der Waals surface area contributed by atoms with E-state index in [0.717, 1.165) is 41.5 Å². The molecule has 0 saturated heterocycles. The smallest absolute Gasteiger partial charge is 0.256 e. The van der Waals surface area contributed by atoms with Crippen LogP contribution >= 0.6 is 0 Å². The van der Waals surface area contributed by atoms with E-state index in [4.69, 9.17) is 0 Å². The molecule has 3 aromatic rings. The van der Waals surface area contributed by atoms with Gasteiger partial charge in [0.1, 0.15) is 0 Å². The van der Waals surface area contributed by atoms with Gasteiger partial charge in [0.2, 0.25) is 0 Å². The van der Waals surface area contributed by atoms with Crippen LogP contribution in [0.1, 0.15) is 16.8 Å². The van der Waals surface area contributed by atoms with Crippen molar-refractivity contribution in [2.75, 3.05) is 11.9 Å². The fourth-order valence-electron chi connectivity index (χ4n) is 3.03. The minimum atomic E-state index is -0.00469. The molecular weight excluding hydrogens is 260 g/mol. The van der Waals surface area contributed by atoms with Gasteiger partial charge in [0, 0.05) is 29.7 Å². The van der Waals surface area contributed by atoms with Gasteiger partial charge in [-0.25, -0.2) is 0 Å². The fourth-order valence-corrected chi connectivity index (χ4v) is 3.03. The van der Waals surface area contributed by atoms with E-state index in [0.29, 0.717) is 0 Å². The normalized spacial score (nSPS) is 13.1. The Bertz CT molecular complexity index is 866. The number of hydrogen-bond acceptors (Lipinski definition) is 2. The van der Waals surface area contributed by atoms with Crippen LogP contribution < -0.4 is 10.9 Å². The van der Waals surface area contributed by atoms with Gasteiger partial charge in [-0.3, -0.25) is 4.79 Å². The highest BCUT2D eigenvalue weighted by Crippen LogP contribution is 2.26. The summed E-state index contributed by atoms with van der Waals surface area (Å²) in [5, 5.41) is 5.12. The predicted octanol–water partition coefficient (Wildman–Crippen LogP) is 3.09. The van der Waals surface area contributed by atoms with Crippen LogP contribution in [-0.4, -0.2) is 11.5 Å². The number of benzene rings is 2. The second kappa shape index (κ2) is 4.77.